The topological polar surface area (TPSA) is 9.86 Å². The fourth-order valence-corrected chi connectivity index (χ4v) is 8.64. The van der Waals surface area contributed by atoms with Crippen LogP contribution >= 0.6 is 0 Å². The van der Waals surface area contributed by atoms with Crippen LogP contribution in [0.15, 0.2) is 218 Å². The van der Waals surface area contributed by atoms with Gasteiger partial charge in [0, 0.05) is 32.9 Å². The molecule has 262 valence electrons. The number of nitrogens with zero attached hydrogens (tertiary/aromatic N) is 2. The second-order valence-electron chi connectivity index (χ2n) is 14.6. The summed E-state index contributed by atoms with van der Waals surface area (Å²) in [5.74, 6) is 0. The Morgan fingerprint density at radius 3 is 1.09 bits per heavy atom. The van der Waals surface area contributed by atoms with Crippen LogP contribution in [0.25, 0.3) is 99.5 Å². The number of benzene rings is 9. The summed E-state index contributed by atoms with van der Waals surface area (Å²) in [6.07, 6.45) is 0. The molecule has 0 aliphatic heterocycles. The van der Waals surface area contributed by atoms with Crippen LogP contribution in [0.2, 0.25) is 0 Å². The van der Waals surface area contributed by atoms with Gasteiger partial charge in [-0.25, -0.2) is 0 Å². The van der Waals surface area contributed by atoms with Gasteiger partial charge in [0.25, 0.3) is 0 Å². The van der Waals surface area contributed by atoms with Crippen molar-refractivity contribution in [2.45, 2.75) is 0 Å². The highest BCUT2D eigenvalue weighted by Crippen LogP contribution is 2.38. The van der Waals surface area contributed by atoms with E-state index in [1.54, 1.807) is 0 Å². The van der Waals surface area contributed by atoms with Crippen molar-refractivity contribution < 1.29 is 0 Å². The summed E-state index contributed by atoms with van der Waals surface area (Å²) in [7, 11) is 0. The summed E-state index contributed by atoms with van der Waals surface area (Å²) in [5, 5.41) is 5.03. The van der Waals surface area contributed by atoms with Gasteiger partial charge in [-0.1, -0.05) is 164 Å². The SMILES string of the molecule is c1ccc(-c2cccc(-c3cccc(-c4ccc(-c5cccc(-n6c7ccccc7c7ccc(-n8c9ccccc9c9ccccc98)cc76)c5)cc4)c3)c2)cc1. The van der Waals surface area contributed by atoms with E-state index in [0.29, 0.717) is 0 Å². The van der Waals surface area contributed by atoms with Crippen molar-refractivity contribution in [3.8, 4) is 55.9 Å². The van der Waals surface area contributed by atoms with Crippen molar-refractivity contribution in [2.75, 3.05) is 0 Å². The molecule has 0 radical (unpaired) electrons. The lowest BCUT2D eigenvalue weighted by atomic mass is 9.95. The molecule has 2 heteroatoms. The predicted octanol–water partition coefficient (Wildman–Crippen LogP) is 14.5. The molecule has 0 amide bonds. The maximum atomic E-state index is 2.43. The van der Waals surface area contributed by atoms with E-state index >= 15 is 0 Å². The average molecular weight is 713 g/mol. The zero-order valence-corrected chi connectivity index (χ0v) is 30.7. The molecular formula is C54H36N2. The number of hydrogen-bond acceptors (Lipinski definition) is 0. The highest BCUT2D eigenvalue weighted by molar-refractivity contribution is 6.12. The lowest BCUT2D eigenvalue weighted by molar-refractivity contribution is 1.15. The fraction of sp³-hybridized carbons (Fsp3) is 0. The van der Waals surface area contributed by atoms with E-state index in [0.717, 1.165) is 11.4 Å². The molecule has 0 fully saturated rings. The first-order valence-corrected chi connectivity index (χ1v) is 19.3. The maximum Gasteiger partial charge on any atom is 0.0561 e. The molecule has 0 saturated heterocycles. The molecule has 0 aliphatic carbocycles. The van der Waals surface area contributed by atoms with E-state index in [9.17, 15) is 0 Å². The Morgan fingerprint density at radius 1 is 0.196 bits per heavy atom. The van der Waals surface area contributed by atoms with Crippen LogP contribution in [0.5, 0.6) is 0 Å². The van der Waals surface area contributed by atoms with Gasteiger partial charge in [0.15, 0.2) is 0 Å². The molecule has 0 unspecified atom stereocenters. The summed E-state index contributed by atoms with van der Waals surface area (Å²) < 4.78 is 4.83. The van der Waals surface area contributed by atoms with Crippen molar-refractivity contribution in [3.63, 3.8) is 0 Å². The molecule has 0 spiro atoms. The number of hydrogen-bond donors (Lipinski definition) is 0. The molecule has 9 aromatic carbocycles. The van der Waals surface area contributed by atoms with Crippen molar-refractivity contribution in [1.82, 2.24) is 9.13 Å². The molecule has 2 nitrogen and oxygen atoms in total. The first-order chi connectivity index (χ1) is 27.8. The highest BCUT2D eigenvalue weighted by atomic mass is 15.0. The lowest BCUT2D eigenvalue weighted by Gasteiger charge is -2.13. The third kappa shape index (κ3) is 5.34. The molecule has 11 aromatic rings. The first kappa shape index (κ1) is 32.0. The molecule has 0 N–H and O–H groups in total. The van der Waals surface area contributed by atoms with E-state index in [2.05, 4.69) is 228 Å². The van der Waals surface area contributed by atoms with Crippen LogP contribution in [0.1, 0.15) is 0 Å². The molecular weight excluding hydrogens is 677 g/mol. The van der Waals surface area contributed by atoms with Crippen LogP contribution in [0.4, 0.5) is 0 Å². The van der Waals surface area contributed by atoms with E-state index in [4.69, 9.17) is 0 Å². The number of fused-ring (bicyclic) bond motifs is 6. The molecule has 56 heavy (non-hydrogen) atoms. The van der Waals surface area contributed by atoms with Crippen LogP contribution in [0, 0.1) is 0 Å². The molecule has 2 aromatic heterocycles. The minimum atomic E-state index is 1.14. The van der Waals surface area contributed by atoms with Gasteiger partial charge in [-0.15, -0.1) is 0 Å². The molecule has 0 aliphatic rings. The van der Waals surface area contributed by atoms with E-state index in [-0.39, 0.29) is 0 Å². The van der Waals surface area contributed by atoms with Gasteiger partial charge in [0.2, 0.25) is 0 Å². The normalized spacial score (nSPS) is 11.6. The molecule has 11 rings (SSSR count). The zero-order valence-electron chi connectivity index (χ0n) is 30.7. The Kier molecular flexibility index (Phi) is 7.53. The quantitative estimate of drug-likeness (QED) is 0.162. The Morgan fingerprint density at radius 2 is 0.554 bits per heavy atom. The van der Waals surface area contributed by atoms with Crippen LogP contribution in [0.3, 0.4) is 0 Å². The largest absolute Gasteiger partial charge is 0.309 e. The Balaban J connectivity index is 0.968. The minimum Gasteiger partial charge on any atom is -0.309 e. The summed E-state index contributed by atoms with van der Waals surface area (Å²) in [6.45, 7) is 0. The molecule has 0 saturated carbocycles. The average Bonchev–Trinajstić information content (AvgIpc) is 3.79. The predicted molar refractivity (Wildman–Crippen MR) is 237 cm³/mol. The second-order valence-corrected chi connectivity index (χ2v) is 14.6. The van der Waals surface area contributed by atoms with Crippen molar-refractivity contribution in [1.29, 1.82) is 0 Å². The van der Waals surface area contributed by atoms with Crippen LogP contribution < -0.4 is 0 Å². The number of para-hydroxylation sites is 3. The van der Waals surface area contributed by atoms with Crippen LogP contribution in [-0.2, 0) is 0 Å². The first-order valence-electron chi connectivity index (χ1n) is 19.3. The second kappa shape index (κ2) is 13.2. The molecule has 0 atom stereocenters. The van der Waals surface area contributed by atoms with Crippen LogP contribution in [-0.4, -0.2) is 9.13 Å². The third-order valence-corrected chi connectivity index (χ3v) is 11.3. The highest BCUT2D eigenvalue weighted by Gasteiger charge is 2.17. The fourth-order valence-electron chi connectivity index (χ4n) is 8.64. The summed E-state index contributed by atoms with van der Waals surface area (Å²) in [6, 6.07) is 79.4. The summed E-state index contributed by atoms with van der Waals surface area (Å²) >= 11 is 0. The smallest absolute Gasteiger partial charge is 0.0561 e. The standard InChI is InChI=1S/C54H36N2/c1-2-13-37(14-3-1)40-15-10-17-42(33-40)43-18-11-16-41(34-43)38-27-29-39(30-28-38)44-19-12-20-45(35-44)56-53-26-9-6-23-49(53)50-32-31-46(36-54(50)56)55-51-24-7-4-21-47(51)48-22-5-8-25-52(48)55/h1-36H. The summed E-state index contributed by atoms with van der Waals surface area (Å²) in [5.41, 5.74) is 16.8. The molecule has 0 bridgehead atoms. The Hall–Kier alpha value is -7.42. The summed E-state index contributed by atoms with van der Waals surface area (Å²) in [4.78, 5) is 0. The third-order valence-electron chi connectivity index (χ3n) is 11.3. The molecule has 2 heterocycles. The van der Waals surface area contributed by atoms with E-state index in [1.807, 2.05) is 0 Å². The monoisotopic (exact) mass is 712 g/mol. The zero-order chi connectivity index (χ0) is 37.0. The minimum absolute atomic E-state index is 1.14. The lowest BCUT2D eigenvalue weighted by Crippen LogP contribution is -1.97. The van der Waals surface area contributed by atoms with Gasteiger partial charge in [-0.2, -0.15) is 0 Å². The van der Waals surface area contributed by atoms with E-state index < -0.39 is 0 Å². The number of aromatic nitrogens is 2. The van der Waals surface area contributed by atoms with Gasteiger partial charge in [-0.05, 0) is 99.1 Å². The van der Waals surface area contributed by atoms with Gasteiger partial charge < -0.3 is 9.13 Å². The maximum absolute atomic E-state index is 2.43. The Labute approximate surface area is 325 Å². The van der Waals surface area contributed by atoms with Gasteiger partial charge in [0.05, 0.1) is 22.1 Å². The van der Waals surface area contributed by atoms with Gasteiger partial charge in [0.1, 0.15) is 0 Å². The number of rotatable bonds is 6. The van der Waals surface area contributed by atoms with Crippen molar-refractivity contribution >= 4 is 43.6 Å². The van der Waals surface area contributed by atoms with Gasteiger partial charge in [-0.3, -0.25) is 0 Å². The Bertz CT molecular complexity index is 3180. The van der Waals surface area contributed by atoms with Gasteiger partial charge >= 0.3 is 0 Å². The van der Waals surface area contributed by atoms with E-state index in [1.165, 1.54) is 88.1 Å². The van der Waals surface area contributed by atoms with Crippen molar-refractivity contribution in [2.24, 2.45) is 0 Å². The van der Waals surface area contributed by atoms with Crippen molar-refractivity contribution in [3.05, 3.63) is 218 Å².